The predicted octanol–water partition coefficient (Wildman–Crippen LogP) is 8.18. The first-order valence-electron chi connectivity index (χ1n) is 12.0. The third-order valence-electron chi connectivity index (χ3n) is 8.76. The second-order valence-electron chi connectivity index (χ2n) is 10.4. The van der Waals surface area contributed by atoms with E-state index in [1.54, 1.807) is 12.1 Å². The minimum absolute atomic E-state index is 0.154. The molecule has 0 unspecified atom stereocenters. The van der Waals surface area contributed by atoms with Gasteiger partial charge in [0.2, 0.25) is 0 Å². The average Bonchev–Trinajstić information content (AvgIpc) is 2.72. The molecule has 3 fully saturated rings. The minimum atomic E-state index is -0.382. The molecule has 28 heavy (non-hydrogen) atoms. The molecule has 0 bridgehead atoms. The Balaban J connectivity index is 1.26. The molecule has 0 aliphatic heterocycles. The largest absolute Gasteiger partial charge is 0.207 e. The maximum absolute atomic E-state index is 13.9. The van der Waals surface area contributed by atoms with Gasteiger partial charge in [0.15, 0.2) is 0 Å². The van der Waals surface area contributed by atoms with Gasteiger partial charge in [-0.05, 0) is 124 Å². The summed E-state index contributed by atoms with van der Waals surface area (Å²) in [5.41, 5.74) is 1.04. The van der Waals surface area contributed by atoms with Crippen LogP contribution in [0.1, 0.15) is 101 Å². The van der Waals surface area contributed by atoms with Gasteiger partial charge in [0.25, 0.3) is 0 Å². The van der Waals surface area contributed by atoms with Crippen molar-refractivity contribution in [2.24, 2.45) is 29.6 Å². The quantitative estimate of drug-likeness (QED) is 0.490. The van der Waals surface area contributed by atoms with Crippen molar-refractivity contribution in [2.45, 2.75) is 96.8 Å². The predicted molar refractivity (Wildman–Crippen MR) is 112 cm³/mol. The Bertz CT molecular complexity index is 619. The Kier molecular flexibility index (Phi) is 6.43. The molecule has 0 aromatic heterocycles. The molecule has 0 amide bonds. The number of hydrogen-bond acceptors (Lipinski definition) is 0. The molecule has 0 atom stereocenters. The summed E-state index contributed by atoms with van der Waals surface area (Å²) in [5.74, 6) is 4.31. The van der Waals surface area contributed by atoms with Crippen LogP contribution in [0.4, 0.5) is 8.78 Å². The van der Waals surface area contributed by atoms with Crippen molar-refractivity contribution in [3.63, 3.8) is 0 Å². The van der Waals surface area contributed by atoms with E-state index in [-0.39, 0.29) is 17.2 Å². The Morgan fingerprint density at radius 1 is 0.607 bits per heavy atom. The van der Waals surface area contributed by atoms with Crippen molar-refractivity contribution in [1.29, 1.82) is 0 Å². The maximum atomic E-state index is 13.9. The highest BCUT2D eigenvalue weighted by atomic mass is 19.1. The second kappa shape index (κ2) is 8.84. The fraction of sp³-hybridized carbons (Fsp3) is 0.769. The molecular weight excluding hydrogens is 350 g/mol. The van der Waals surface area contributed by atoms with Gasteiger partial charge in [0, 0.05) is 5.56 Å². The zero-order valence-corrected chi connectivity index (χ0v) is 17.9. The zero-order chi connectivity index (χ0) is 19.7. The molecule has 0 spiro atoms. The summed E-state index contributed by atoms with van der Waals surface area (Å²) in [6, 6.07) is 3.17. The lowest BCUT2D eigenvalue weighted by molar-refractivity contribution is 0.112. The second-order valence-corrected chi connectivity index (χ2v) is 10.4. The van der Waals surface area contributed by atoms with Crippen LogP contribution in [0.2, 0.25) is 0 Å². The molecule has 3 saturated carbocycles. The lowest BCUT2D eigenvalue weighted by Gasteiger charge is -2.41. The lowest BCUT2D eigenvalue weighted by atomic mass is 9.65. The first-order valence-corrected chi connectivity index (χ1v) is 12.0. The average molecular weight is 389 g/mol. The standard InChI is InChI=1S/C26H38F2/c1-17-3-5-19(6-4-17)20-7-9-21(10-8-20)22-11-13-23(14-12-22)24-15-25(27)18(2)26(28)16-24/h15-17,19-23H,3-14H2,1-2H3. The van der Waals surface area contributed by atoms with Crippen molar-refractivity contribution in [3.8, 4) is 0 Å². The van der Waals surface area contributed by atoms with Gasteiger partial charge >= 0.3 is 0 Å². The molecule has 0 heterocycles. The first-order chi connectivity index (χ1) is 13.5. The molecule has 1 aromatic carbocycles. The van der Waals surface area contributed by atoms with E-state index in [1.165, 1.54) is 71.1 Å². The van der Waals surface area contributed by atoms with E-state index in [0.717, 1.165) is 48.0 Å². The SMILES string of the molecule is Cc1c(F)cc(C2CCC(C3CCC(C4CCC(C)CC4)CC3)CC2)cc1F. The summed E-state index contributed by atoms with van der Waals surface area (Å²) < 4.78 is 27.9. The first kappa shape index (κ1) is 20.4. The summed E-state index contributed by atoms with van der Waals surface area (Å²) in [7, 11) is 0. The third kappa shape index (κ3) is 4.46. The van der Waals surface area contributed by atoms with Gasteiger partial charge in [-0.25, -0.2) is 8.78 Å². The highest BCUT2D eigenvalue weighted by Gasteiger charge is 2.34. The van der Waals surface area contributed by atoms with Crippen LogP contribution in [0.25, 0.3) is 0 Å². The van der Waals surface area contributed by atoms with Gasteiger partial charge in [-0.15, -0.1) is 0 Å². The molecule has 2 heteroatoms. The van der Waals surface area contributed by atoms with E-state index in [1.807, 2.05) is 0 Å². The van der Waals surface area contributed by atoms with E-state index < -0.39 is 0 Å². The van der Waals surface area contributed by atoms with Gasteiger partial charge < -0.3 is 0 Å². The van der Waals surface area contributed by atoms with Crippen molar-refractivity contribution in [2.75, 3.05) is 0 Å². The van der Waals surface area contributed by atoms with Crippen molar-refractivity contribution in [1.82, 2.24) is 0 Å². The van der Waals surface area contributed by atoms with Crippen molar-refractivity contribution in [3.05, 3.63) is 34.9 Å². The monoisotopic (exact) mass is 388 g/mol. The van der Waals surface area contributed by atoms with Gasteiger partial charge in [-0.3, -0.25) is 0 Å². The molecule has 0 radical (unpaired) electrons. The number of halogens is 2. The molecule has 3 aliphatic carbocycles. The van der Waals surface area contributed by atoms with E-state index >= 15 is 0 Å². The maximum Gasteiger partial charge on any atom is 0.129 e. The van der Waals surface area contributed by atoms with Crippen LogP contribution >= 0.6 is 0 Å². The summed E-state index contributed by atoms with van der Waals surface area (Å²) in [4.78, 5) is 0. The summed E-state index contributed by atoms with van der Waals surface area (Å²) in [6.07, 6.45) is 16.3. The third-order valence-corrected chi connectivity index (χ3v) is 8.76. The van der Waals surface area contributed by atoms with E-state index in [2.05, 4.69) is 6.92 Å². The molecule has 0 N–H and O–H groups in total. The highest BCUT2D eigenvalue weighted by Crippen LogP contribution is 2.47. The highest BCUT2D eigenvalue weighted by molar-refractivity contribution is 5.28. The molecule has 4 rings (SSSR count). The van der Waals surface area contributed by atoms with Crippen LogP contribution in [0.15, 0.2) is 12.1 Å². The van der Waals surface area contributed by atoms with Crippen LogP contribution in [0, 0.1) is 48.1 Å². The van der Waals surface area contributed by atoms with E-state index in [0.29, 0.717) is 5.92 Å². The van der Waals surface area contributed by atoms with Crippen LogP contribution in [-0.4, -0.2) is 0 Å². The summed E-state index contributed by atoms with van der Waals surface area (Å²) >= 11 is 0. The number of benzene rings is 1. The molecule has 0 nitrogen and oxygen atoms in total. The summed E-state index contributed by atoms with van der Waals surface area (Å²) in [6.45, 7) is 3.94. The Hall–Kier alpha value is -0.920. The Morgan fingerprint density at radius 3 is 1.39 bits per heavy atom. The number of rotatable bonds is 3. The molecule has 156 valence electrons. The number of hydrogen-bond donors (Lipinski definition) is 0. The Morgan fingerprint density at radius 2 is 0.964 bits per heavy atom. The van der Waals surface area contributed by atoms with Gasteiger partial charge in [-0.2, -0.15) is 0 Å². The molecule has 0 saturated heterocycles. The van der Waals surface area contributed by atoms with Crippen LogP contribution < -0.4 is 0 Å². The zero-order valence-electron chi connectivity index (χ0n) is 17.9. The smallest absolute Gasteiger partial charge is 0.129 e. The van der Waals surface area contributed by atoms with E-state index in [4.69, 9.17) is 0 Å². The van der Waals surface area contributed by atoms with Crippen LogP contribution in [-0.2, 0) is 0 Å². The van der Waals surface area contributed by atoms with E-state index in [9.17, 15) is 8.78 Å². The summed E-state index contributed by atoms with van der Waals surface area (Å²) in [5, 5.41) is 0. The molecule has 3 aliphatic rings. The molecular formula is C26H38F2. The fourth-order valence-electron chi connectivity index (χ4n) is 6.67. The van der Waals surface area contributed by atoms with Crippen molar-refractivity contribution < 1.29 is 8.78 Å². The van der Waals surface area contributed by atoms with Gasteiger partial charge in [0.05, 0.1) is 0 Å². The van der Waals surface area contributed by atoms with Gasteiger partial charge in [-0.1, -0.05) is 19.8 Å². The topological polar surface area (TPSA) is 0 Å². The minimum Gasteiger partial charge on any atom is -0.207 e. The van der Waals surface area contributed by atoms with Crippen LogP contribution in [0.5, 0.6) is 0 Å². The molecule has 1 aromatic rings. The lowest BCUT2D eigenvalue weighted by Crippen LogP contribution is -2.29. The van der Waals surface area contributed by atoms with Gasteiger partial charge in [0.1, 0.15) is 11.6 Å². The van der Waals surface area contributed by atoms with Crippen LogP contribution in [0.3, 0.4) is 0 Å². The fourth-order valence-corrected chi connectivity index (χ4v) is 6.67. The van der Waals surface area contributed by atoms with Crippen molar-refractivity contribution >= 4 is 0 Å². The normalized spacial score (nSPS) is 37.0. The Labute approximate surface area is 170 Å².